The van der Waals surface area contributed by atoms with Crippen molar-refractivity contribution in [3.05, 3.63) is 41.5 Å². The van der Waals surface area contributed by atoms with Crippen molar-refractivity contribution in [1.29, 1.82) is 0 Å². The molecule has 19 heavy (non-hydrogen) atoms. The molecule has 0 fully saturated rings. The van der Waals surface area contributed by atoms with Crippen LogP contribution in [0.15, 0.2) is 35.9 Å². The molecule has 0 aliphatic rings. The average molecular weight is 261 g/mol. The number of rotatable bonds is 4. The van der Waals surface area contributed by atoms with Crippen LogP contribution in [0.25, 0.3) is 0 Å². The van der Waals surface area contributed by atoms with E-state index in [9.17, 15) is 9.59 Å². The number of anilines is 1. The van der Waals surface area contributed by atoms with E-state index in [1.807, 2.05) is 13.8 Å². The SMILES string of the molecule is CC(C)=CC(=O)Nc1cccc(C(=O)OC(C)C)c1. The summed E-state index contributed by atoms with van der Waals surface area (Å²) in [6.45, 7) is 7.27. The summed E-state index contributed by atoms with van der Waals surface area (Å²) in [5.41, 5.74) is 1.90. The van der Waals surface area contributed by atoms with Crippen LogP contribution in [0.5, 0.6) is 0 Å². The molecule has 1 amide bonds. The van der Waals surface area contributed by atoms with Crippen molar-refractivity contribution in [2.24, 2.45) is 0 Å². The lowest BCUT2D eigenvalue weighted by Gasteiger charge is -2.09. The third kappa shape index (κ3) is 5.38. The van der Waals surface area contributed by atoms with Crippen LogP contribution in [0.2, 0.25) is 0 Å². The Morgan fingerprint density at radius 3 is 2.53 bits per heavy atom. The number of benzene rings is 1. The van der Waals surface area contributed by atoms with E-state index in [1.54, 1.807) is 38.1 Å². The smallest absolute Gasteiger partial charge is 0.338 e. The lowest BCUT2D eigenvalue weighted by Crippen LogP contribution is -2.13. The second kappa shape index (κ2) is 6.73. The number of hydrogen-bond acceptors (Lipinski definition) is 3. The number of carbonyl (C=O) groups excluding carboxylic acids is 2. The van der Waals surface area contributed by atoms with Crippen LogP contribution in [0, 0.1) is 0 Å². The summed E-state index contributed by atoms with van der Waals surface area (Å²) in [5, 5.41) is 2.70. The topological polar surface area (TPSA) is 55.4 Å². The van der Waals surface area contributed by atoms with Crippen LogP contribution < -0.4 is 5.32 Å². The summed E-state index contributed by atoms with van der Waals surface area (Å²) in [6.07, 6.45) is 1.33. The predicted molar refractivity (Wildman–Crippen MR) is 75.1 cm³/mol. The number of nitrogens with one attached hydrogen (secondary N) is 1. The Morgan fingerprint density at radius 2 is 1.95 bits per heavy atom. The fraction of sp³-hybridized carbons (Fsp3) is 0.333. The standard InChI is InChI=1S/C15H19NO3/c1-10(2)8-14(17)16-13-7-5-6-12(9-13)15(18)19-11(3)4/h5-9,11H,1-4H3,(H,16,17). The Balaban J connectivity index is 2.80. The van der Waals surface area contributed by atoms with E-state index in [0.29, 0.717) is 11.3 Å². The van der Waals surface area contributed by atoms with Crippen LogP contribution in [0.1, 0.15) is 38.1 Å². The molecule has 0 radical (unpaired) electrons. The van der Waals surface area contributed by atoms with Crippen molar-refractivity contribution in [2.75, 3.05) is 5.32 Å². The molecule has 0 heterocycles. The van der Waals surface area contributed by atoms with Gasteiger partial charge in [0.1, 0.15) is 0 Å². The van der Waals surface area contributed by atoms with Crippen molar-refractivity contribution in [2.45, 2.75) is 33.8 Å². The maximum Gasteiger partial charge on any atom is 0.338 e. The van der Waals surface area contributed by atoms with E-state index < -0.39 is 5.97 Å². The van der Waals surface area contributed by atoms with Gasteiger partial charge in [0.15, 0.2) is 0 Å². The second-order valence-electron chi connectivity index (χ2n) is 4.75. The van der Waals surface area contributed by atoms with Gasteiger partial charge in [-0.1, -0.05) is 11.6 Å². The molecule has 4 heteroatoms. The van der Waals surface area contributed by atoms with Gasteiger partial charge >= 0.3 is 5.97 Å². The zero-order chi connectivity index (χ0) is 14.4. The van der Waals surface area contributed by atoms with Gasteiger partial charge in [0.2, 0.25) is 5.91 Å². The molecule has 0 aromatic heterocycles. The minimum atomic E-state index is -0.395. The third-order valence-electron chi connectivity index (χ3n) is 2.13. The van der Waals surface area contributed by atoms with Crippen molar-refractivity contribution >= 4 is 17.6 Å². The number of carbonyl (C=O) groups is 2. The Bertz CT molecular complexity index is 500. The number of amides is 1. The zero-order valence-electron chi connectivity index (χ0n) is 11.7. The highest BCUT2D eigenvalue weighted by molar-refractivity contribution is 6.00. The lowest BCUT2D eigenvalue weighted by molar-refractivity contribution is -0.111. The first-order valence-corrected chi connectivity index (χ1v) is 6.15. The summed E-state index contributed by atoms with van der Waals surface area (Å²) >= 11 is 0. The molecule has 0 bridgehead atoms. The summed E-state index contributed by atoms with van der Waals surface area (Å²) in [5.74, 6) is -0.609. The molecule has 1 aromatic carbocycles. The summed E-state index contributed by atoms with van der Waals surface area (Å²) in [4.78, 5) is 23.3. The fourth-order valence-electron chi connectivity index (χ4n) is 1.45. The monoisotopic (exact) mass is 261 g/mol. The molecule has 1 aromatic rings. The summed E-state index contributed by atoms with van der Waals surface area (Å²) < 4.78 is 5.10. The van der Waals surface area contributed by atoms with Gasteiger partial charge in [-0.3, -0.25) is 4.79 Å². The van der Waals surface area contributed by atoms with Crippen molar-refractivity contribution < 1.29 is 14.3 Å². The van der Waals surface area contributed by atoms with Gasteiger partial charge in [-0.15, -0.1) is 0 Å². The largest absolute Gasteiger partial charge is 0.459 e. The third-order valence-corrected chi connectivity index (χ3v) is 2.13. The van der Waals surface area contributed by atoms with E-state index in [0.717, 1.165) is 5.57 Å². The molecule has 0 aliphatic heterocycles. The Morgan fingerprint density at radius 1 is 1.26 bits per heavy atom. The molecule has 102 valence electrons. The first-order valence-electron chi connectivity index (χ1n) is 6.15. The zero-order valence-corrected chi connectivity index (χ0v) is 11.7. The lowest BCUT2D eigenvalue weighted by atomic mass is 10.2. The van der Waals surface area contributed by atoms with E-state index >= 15 is 0 Å². The predicted octanol–water partition coefficient (Wildman–Crippen LogP) is 3.16. The van der Waals surface area contributed by atoms with Crippen LogP contribution in [-0.2, 0) is 9.53 Å². The van der Waals surface area contributed by atoms with Crippen LogP contribution in [0.4, 0.5) is 5.69 Å². The van der Waals surface area contributed by atoms with E-state index in [2.05, 4.69) is 5.32 Å². The molecule has 0 saturated carbocycles. The highest BCUT2D eigenvalue weighted by Gasteiger charge is 2.10. The molecular formula is C15H19NO3. The highest BCUT2D eigenvalue weighted by Crippen LogP contribution is 2.12. The minimum Gasteiger partial charge on any atom is -0.459 e. The highest BCUT2D eigenvalue weighted by atomic mass is 16.5. The summed E-state index contributed by atoms with van der Waals surface area (Å²) in [6, 6.07) is 6.68. The fourth-order valence-corrected chi connectivity index (χ4v) is 1.45. The molecule has 1 N–H and O–H groups in total. The minimum absolute atomic E-state index is 0.170. The first-order chi connectivity index (χ1) is 8.88. The van der Waals surface area contributed by atoms with Gasteiger partial charge in [-0.2, -0.15) is 0 Å². The van der Waals surface area contributed by atoms with Crippen molar-refractivity contribution in [3.8, 4) is 0 Å². The van der Waals surface area contributed by atoms with E-state index in [4.69, 9.17) is 4.74 Å². The van der Waals surface area contributed by atoms with Crippen LogP contribution in [-0.4, -0.2) is 18.0 Å². The first kappa shape index (κ1) is 15.0. The van der Waals surface area contributed by atoms with Crippen LogP contribution >= 0.6 is 0 Å². The number of allylic oxidation sites excluding steroid dienone is 1. The van der Waals surface area contributed by atoms with E-state index in [-0.39, 0.29) is 12.0 Å². The molecular weight excluding hydrogens is 242 g/mol. The molecule has 1 rings (SSSR count). The van der Waals surface area contributed by atoms with E-state index in [1.165, 1.54) is 6.08 Å². The normalized spacial score (nSPS) is 9.95. The number of hydrogen-bond donors (Lipinski definition) is 1. The Hall–Kier alpha value is -2.10. The maximum atomic E-state index is 11.7. The second-order valence-corrected chi connectivity index (χ2v) is 4.75. The van der Waals surface area contributed by atoms with Gasteiger partial charge in [0.25, 0.3) is 0 Å². The quantitative estimate of drug-likeness (QED) is 0.669. The molecule has 0 unspecified atom stereocenters. The molecule has 0 saturated heterocycles. The molecule has 0 aliphatic carbocycles. The van der Waals surface area contributed by atoms with Gasteiger partial charge in [0.05, 0.1) is 11.7 Å². The van der Waals surface area contributed by atoms with Crippen molar-refractivity contribution in [1.82, 2.24) is 0 Å². The van der Waals surface area contributed by atoms with Gasteiger partial charge in [0, 0.05) is 11.8 Å². The van der Waals surface area contributed by atoms with Crippen LogP contribution in [0.3, 0.4) is 0 Å². The maximum absolute atomic E-state index is 11.7. The van der Waals surface area contributed by atoms with Gasteiger partial charge < -0.3 is 10.1 Å². The van der Waals surface area contributed by atoms with Gasteiger partial charge in [-0.25, -0.2) is 4.79 Å². The average Bonchev–Trinajstić information content (AvgIpc) is 2.27. The number of esters is 1. The van der Waals surface area contributed by atoms with Gasteiger partial charge in [-0.05, 0) is 45.9 Å². The number of ether oxygens (including phenoxy) is 1. The Labute approximate surface area is 113 Å². The molecule has 0 atom stereocenters. The molecule has 4 nitrogen and oxygen atoms in total. The summed E-state index contributed by atoms with van der Waals surface area (Å²) in [7, 11) is 0. The molecule has 0 spiro atoms. The Kier molecular flexibility index (Phi) is 5.30. The van der Waals surface area contributed by atoms with Crippen molar-refractivity contribution in [3.63, 3.8) is 0 Å².